The molecular weight excluding hydrogens is 345 g/mol. The minimum Gasteiger partial charge on any atom is -0.393 e. The van der Waals surface area contributed by atoms with E-state index in [2.05, 4.69) is 10.3 Å². The first kappa shape index (κ1) is 19.1. The molecule has 27 heavy (non-hydrogen) atoms. The van der Waals surface area contributed by atoms with E-state index in [9.17, 15) is 14.3 Å². The van der Waals surface area contributed by atoms with Gasteiger partial charge in [0.05, 0.1) is 6.10 Å². The summed E-state index contributed by atoms with van der Waals surface area (Å²) in [6, 6.07) is 13.5. The highest BCUT2D eigenvalue weighted by Gasteiger charge is 2.20. The zero-order chi connectivity index (χ0) is 19.4. The van der Waals surface area contributed by atoms with Gasteiger partial charge in [0.2, 0.25) is 0 Å². The Labute approximate surface area is 157 Å². The number of carbonyl (C=O) groups excluding carboxylic acids is 1. The lowest BCUT2D eigenvalue weighted by Crippen LogP contribution is -2.39. The lowest BCUT2D eigenvalue weighted by molar-refractivity contribution is 0.0940. The van der Waals surface area contributed by atoms with Crippen LogP contribution in [-0.2, 0) is 0 Å². The maximum atomic E-state index is 13.8. The number of aliphatic hydroxyl groups excluding tert-OH is 1. The number of carbonyl (C=O) groups is 1. The van der Waals surface area contributed by atoms with Crippen molar-refractivity contribution in [2.45, 2.75) is 31.9 Å². The van der Waals surface area contributed by atoms with Gasteiger partial charge >= 0.3 is 0 Å². The van der Waals surface area contributed by atoms with Gasteiger partial charge in [0, 0.05) is 29.1 Å². The van der Waals surface area contributed by atoms with Crippen LogP contribution in [-0.4, -0.2) is 34.7 Å². The summed E-state index contributed by atoms with van der Waals surface area (Å²) >= 11 is 0. The van der Waals surface area contributed by atoms with Crippen molar-refractivity contribution in [3.8, 4) is 11.1 Å². The Hall–Kier alpha value is -2.70. The number of aromatic nitrogens is 1. The summed E-state index contributed by atoms with van der Waals surface area (Å²) in [6.45, 7) is 2.12. The van der Waals surface area contributed by atoms with Gasteiger partial charge in [-0.1, -0.05) is 37.3 Å². The summed E-state index contributed by atoms with van der Waals surface area (Å²) in [5.74, 6) is -0.673. The number of benzene rings is 2. The van der Waals surface area contributed by atoms with E-state index in [1.807, 2.05) is 37.3 Å². The van der Waals surface area contributed by atoms with Gasteiger partial charge in [-0.2, -0.15) is 0 Å². The number of aliphatic hydroxyl groups is 1. The summed E-state index contributed by atoms with van der Waals surface area (Å²) in [6.07, 6.45) is 0.556. The van der Waals surface area contributed by atoms with Crippen LogP contribution in [0.15, 0.2) is 48.5 Å². The number of H-pyrrole nitrogens is 1. The van der Waals surface area contributed by atoms with Crippen LogP contribution in [0.4, 0.5) is 4.39 Å². The van der Waals surface area contributed by atoms with E-state index in [4.69, 9.17) is 5.73 Å². The SMILES string of the molecule is CCC(O)C[C@H](N)CNC(=O)c1[nH]c2ccc(F)cc2c1-c1ccccc1. The average molecular weight is 369 g/mol. The molecule has 1 unspecified atom stereocenters. The minimum atomic E-state index is -0.479. The van der Waals surface area contributed by atoms with Crippen molar-refractivity contribution < 1.29 is 14.3 Å². The van der Waals surface area contributed by atoms with Gasteiger partial charge in [-0.3, -0.25) is 4.79 Å². The molecule has 0 bridgehead atoms. The third-order valence-electron chi connectivity index (χ3n) is 4.62. The van der Waals surface area contributed by atoms with E-state index in [0.29, 0.717) is 35.0 Å². The Morgan fingerprint density at radius 1 is 1.26 bits per heavy atom. The molecule has 0 fully saturated rings. The van der Waals surface area contributed by atoms with Crippen molar-refractivity contribution in [1.29, 1.82) is 0 Å². The monoisotopic (exact) mass is 369 g/mol. The summed E-state index contributed by atoms with van der Waals surface area (Å²) in [4.78, 5) is 15.9. The molecule has 3 aromatic rings. The van der Waals surface area contributed by atoms with Gasteiger partial charge < -0.3 is 21.1 Å². The fourth-order valence-electron chi connectivity index (χ4n) is 3.15. The summed E-state index contributed by atoms with van der Waals surface area (Å²) in [5, 5.41) is 13.2. The summed E-state index contributed by atoms with van der Waals surface area (Å²) < 4.78 is 13.8. The summed E-state index contributed by atoms with van der Waals surface area (Å²) in [7, 11) is 0. The van der Waals surface area contributed by atoms with Crippen LogP contribution < -0.4 is 11.1 Å². The van der Waals surface area contributed by atoms with Crippen molar-refractivity contribution in [2.75, 3.05) is 6.54 Å². The molecule has 0 aliphatic carbocycles. The zero-order valence-electron chi connectivity index (χ0n) is 15.2. The molecule has 0 aliphatic rings. The molecule has 1 heterocycles. The highest BCUT2D eigenvalue weighted by molar-refractivity contribution is 6.09. The van der Waals surface area contributed by atoms with Gasteiger partial charge in [-0.15, -0.1) is 0 Å². The van der Waals surface area contributed by atoms with Gasteiger partial charge in [-0.05, 0) is 36.6 Å². The Balaban J connectivity index is 1.90. The number of fused-ring (bicyclic) bond motifs is 1. The molecule has 0 radical (unpaired) electrons. The fourth-order valence-corrected chi connectivity index (χ4v) is 3.15. The first-order chi connectivity index (χ1) is 13.0. The Bertz CT molecular complexity index is 924. The molecule has 0 spiro atoms. The van der Waals surface area contributed by atoms with E-state index >= 15 is 0 Å². The van der Waals surface area contributed by atoms with Gasteiger partial charge in [0.1, 0.15) is 11.5 Å². The molecule has 3 rings (SSSR count). The first-order valence-corrected chi connectivity index (χ1v) is 9.08. The van der Waals surface area contributed by atoms with Crippen molar-refractivity contribution in [3.63, 3.8) is 0 Å². The Morgan fingerprint density at radius 2 is 2.00 bits per heavy atom. The average Bonchev–Trinajstić information content (AvgIpc) is 3.05. The van der Waals surface area contributed by atoms with Crippen molar-refractivity contribution >= 4 is 16.8 Å². The molecule has 142 valence electrons. The van der Waals surface area contributed by atoms with Crippen LogP contribution in [0, 0.1) is 5.82 Å². The van der Waals surface area contributed by atoms with Crippen LogP contribution in [0.1, 0.15) is 30.3 Å². The maximum absolute atomic E-state index is 13.8. The second kappa shape index (κ2) is 8.33. The Kier molecular flexibility index (Phi) is 5.88. The molecule has 5 nitrogen and oxygen atoms in total. The predicted octanol–water partition coefficient (Wildman–Crippen LogP) is 3.19. The zero-order valence-corrected chi connectivity index (χ0v) is 15.2. The smallest absolute Gasteiger partial charge is 0.268 e. The molecule has 1 aromatic heterocycles. The lowest BCUT2D eigenvalue weighted by Gasteiger charge is -2.16. The van der Waals surface area contributed by atoms with Crippen LogP contribution in [0.25, 0.3) is 22.0 Å². The molecule has 0 saturated heterocycles. The number of rotatable bonds is 7. The largest absolute Gasteiger partial charge is 0.393 e. The topological polar surface area (TPSA) is 91.1 Å². The molecule has 6 heteroatoms. The number of nitrogens with two attached hydrogens (primary N) is 1. The first-order valence-electron chi connectivity index (χ1n) is 9.08. The molecule has 1 amide bonds. The molecule has 5 N–H and O–H groups in total. The van der Waals surface area contributed by atoms with Gasteiger partial charge in [-0.25, -0.2) is 4.39 Å². The predicted molar refractivity (Wildman–Crippen MR) is 105 cm³/mol. The summed E-state index contributed by atoms with van der Waals surface area (Å²) in [5.41, 5.74) is 8.52. The number of hydrogen-bond donors (Lipinski definition) is 4. The van der Waals surface area contributed by atoms with Crippen LogP contribution in [0.5, 0.6) is 0 Å². The van der Waals surface area contributed by atoms with E-state index < -0.39 is 6.10 Å². The van der Waals surface area contributed by atoms with Crippen LogP contribution in [0.3, 0.4) is 0 Å². The van der Waals surface area contributed by atoms with Crippen molar-refractivity contribution in [2.24, 2.45) is 5.73 Å². The number of nitrogens with one attached hydrogen (secondary N) is 2. The molecule has 2 atom stereocenters. The van der Waals surface area contributed by atoms with Crippen LogP contribution in [0.2, 0.25) is 0 Å². The molecule has 0 aliphatic heterocycles. The minimum absolute atomic E-state index is 0.244. The number of hydrogen-bond acceptors (Lipinski definition) is 3. The maximum Gasteiger partial charge on any atom is 0.268 e. The van der Waals surface area contributed by atoms with E-state index in [0.717, 1.165) is 5.56 Å². The van der Waals surface area contributed by atoms with E-state index in [-0.39, 0.29) is 24.3 Å². The second-order valence-corrected chi connectivity index (χ2v) is 6.70. The van der Waals surface area contributed by atoms with Crippen LogP contribution >= 0.6 is 0 Å². The normalized spacial score (nSPS) is 13.5. The third kappa shape index (κ3) is 4.35. The standard InChI is InChI=1S/C21H24FN3O2/c1-2-16(26)11-15(23)12-24-21(27)20-19(13-6-4-3-5-7-13)17-10-14(22)8-9-18(17)25-20/h3-10,15-16,25-26H,2,11-12,23H2,1H3,(H,24,27)/t15-,16?/m0/s1. The second-order valence-electron chi connectivity index (χ2n) is 6.70. The lowest BCUT2D eigenvalue weighted by atomic mass is 10.0. The van der Waals surface area contributed by atoms with Crippen molar-refractivity contribution in [1.82, 2.24) is 10.3 Å². The third-order valence-corrected chi connectivity index (χ3v) is 4.62. The van der Waals surface area contributed by atoms with E-state index in [1.54, 1.807) is 6.07 Å². The highest BCUT2D eigenvalue weighted by atomic mass is 19.1. The van der Waals surface area contributed by atoms with E-state index in [1.165, 1.54) is 12.1 Å². The molecular formula is C21H24FN3O2. The number of amides is 1. The molecule has 2 aromatic carbocycles. The number of halogens is 1. The van der Waals surface area contributed by atoms with Gasteiger partial charge in [0.25, 0.3) is 5.91 Å². The molecule has 0 saturated carbocycles. The quantitative estimate of drug-likeness (QED) is 0.515. The Morgan fingerprint density at radius 3 is 2.70 bits per heavy atom. The fraction of sp³-hybridized carbons (Fsp3) is 0.286. The van der Waals surface area contributed by atoms with Gasteiger partial charge in [0.15, 0.2) is 0 Å². The number of aromatic amines is 1. The van der Waals surface area contributed by atoms with Crippen molar-refractivity contribution in [3.05, 3.63) is 60.0 Å². The highest BCUT2D eigenvalue weighted by Crippen LogP contribution is 2.32.